The molecule has 6 nitrogen and oxygen atoms in total. The number of allylic oxidation sites excluding steroid dienone is 1. The maximum atomic E-state index is 13.6. The van der Waals surface area contributed by atoms with E-state index in [9.17, 15) is 18.8 Å². The number of fused-ring (bicyclic) bond motifs is 1. The molecule has 4 aromatic rings. The Morgan fingerprint density at radius 2 is 1.91 bits per heavy atom. The van der Waals surface area contributed by atoms with Crippen molar-refractivity contribution in [2.45, 2.75) is 0 Å². The summed E-state index contributed by atoms with van der Waals surface area (Å²) in [5.41, 5.74) is 2.59. The van der Waals surface area contributed by atoms with Gasteiger partial charge in [-0.2, -0.15) is 5.26 Å². The van der Waals surface area contributed by atoms with Crippen LogP contribution in [0.25, 0.3) is 22.7 Å². The summed E-state index contributed by atoms with van der Waals surface area (Å²) >= 11 is 0. The number of hydrogen-bond donors (Lipinski definition) is 2. The molecule has 8 heteroatoms. The normalized spacial score (nSPS) is 11.2. The number of carbonyl (C=O) groups is 1. The molecule has 0 saturated heterocycles. The third-order valence-corrected chi connectivity index (χ3v) is 4.53. The van der Waals surface area contributed by atoms with Crippen molar-refractivity contribution in [1.29, 1.82) is 5.26 Å². The summed E-state index contributed by atoms with van der Waals surface area (Å²) in [6, 6.07) is 19.3. The summed E-state index contributed by atoms with van der Waals surface area (Å²) < 4.78 is 31.9. The number of aromatic amines is 1. The van der Waals surface area contributed by atoms with Gasteiger partial charge in [0.15, 0.2) is 6.61 Å². The molecule has 0 atom stereocenters. The number of aromatic nitrogens is 2. The first kappa shape index (κ1) is 20.8. The van der Waals surface area contributed by atoms with Crippen molar-refractivity contribution in [1.82, 2.24) is 9.97 Å². The fraction of sp³-hybridized carbons (Fsp3) is 0.0417. The predicted octanol–water partition coefficient (Wildman–Crippen LogP) is 4.92. The van der Waals surface area contributed by atoms with Gasteiger partial charge in [-0.05, 0) is 48.0 Å². The van der Waals surface area contributed by atoms with Crippen molar-refractivity contribution in [3.63, 3.8) is 0 Å². The first-order chi connectivity index (χ1) is 15.5. The molecule has 0 aliphatic rings. The number of para-hydroxylation sites is 2. The largest absolute Gasteiger partial charge is 0.484 e. The molecule has 0 spiro atoms. The highest BCUT2D eigenvalue weighted by Gasteiger charge is 2.10. The van der Waals surface area contributed by atoms with Crippen LogP contribution in [0.1, 0.15) is 11.4 Å². The van der Waals surface area contributed by atoms with Crippen LogP contribution in [0.4, 0.5) is 14.5 Å². The minimum Gasteiger partial charge on any atom is -0.484 e. The number of benzene rings is 3. The number of nitrogens with zero attached hydrogens (tertiary/aromatic N) is 2. The first-order valence-corrected chi connectivity index (χ1v) is 9.56. The van der Waals surface area contributed by atoms with E-state index in [2.05, 4.69) is 21.4 Å². The van der Waals surface area contributed by atoms with Gasteiger partial charge in [0.25, 0.3) is 5.91 Å². The Balaban J connectivity index is 1.40. The smallest absolute Gasteiger partial charge is 0.262 e. The van der Waals surface area contributed by atoms with Crippen LogP contribution in [0.3, 0.4) is 0 Å². The van der Waals surface area contributed by atoms with Gasteiger partial charge in [-0.25, -0.2) is 13.8 Å². The van der Waals surface area contributed by atoms with Gasteiger partial charge in [0.1, 0.15) is 29.3 Å². The van der Waals surface area contributed by atoms with Gasteiger partial charge in [0, 0.05) is 6.07 Å². The molecule has 2 N–H and O–H groups in total. The third kappa shape index (κ3) is 4.79. The van der Waals surface area contributed by atoms with Crippen LogP contribution >= 0.6 is 0 Å². The van der Waals surface area contributed by atoms with Crippen LogP contribution in [0.5, 0.6) is 5.75 Å². The molecular weight excluding hydrogens is 414 g/mol. The van der Waals surface area contributed by atoms with Gasteiger partial charge in [-0.15, -0.1) is 0 Å². The highest BCUT2D eigenvalue weighted by molar-refractivity contribution is 5.92. The lowest BCUT2D eigenvalue weighted by Crippen LogP contribution is -2.20. The molecular formula is C24H16F2N4O2. The fourth-order valence-corrected chi connectivity index (χ4v) is 2.99. The number of amides is 1. The van der Waals surface area contributed by atoms with Gasteiger partial charge < -0.3 is 15.0 Å². The van der Waals surface area contributed by atoms with E-state index in [0.29, 0.717) is 23.2 Å². The fourth-order valence-electron chi connectivity index (χ4n) is 2.99. The van der Waals surface area contributed by atoms with E-state index in [1.54, 1.807) is 30.3 Å². The van der Waals surface area contributed by atoms with E-state index >= 15 is 0 Å². The number of ether oxygens (including phenoxy) is 1. The lowest BCUT2D eigenvalue weighted by Gasteiger charge is -2.08. The molecule has 3 aromatic carbocycles. The Labute approximate surface area is 181 Å². The van der Waals surface area contributed by atoms with Crippen LogP contribution in [0.2, 0.25) is 0 Å². The summed E-state index contributed by atoms with van der Waals surface area (Å²) in [7, 11) is 0. The Kier molecular flexibility index (Phi) is 5.90. The Hall–Kier alpha value is -4.51. The molecule has 32 heavy (non-hydrogen) atoms. The number of hydrogen-bond acceptors (Lipinski definition) is 4. The molecule has 0 aliphatic carbocycles. The Morgan fingerprint density at radius 1 is 1.12 bits per heavy atom. The zero-order chi connectivity index (χ0) is 22.5. The predicted molar refractivity (Wildman–Crippen MR) is 117 cm³/mol. The number of halogens is 2. The van der Waals surface area contributed by atoms with Gasteiger partial charge in [0.05, 0.1) is 22.3 Å². The summed E-state index contributed by atoms with van der Waals surface area (Å²) in [5.74, 6) is -1.30. The van der Waals surface area contributed by atoms with Crippen molar-refractivity contribution in [3.05, 3.63) is 89.8 Å². The van der Waals surface area contributed by atoms with Crippen LogP contribution in [-0.4, -0.2) is 22.5 Å². The standard InChI is InChI=1S/C24H16F2N4O2/c25-17-7-10-20(19(26)12-17)28-23(31)14-32-18-8-5-15(6-9-18)11-16(13-27)24-29-21-3-1-2-4-22(21)30-24/h1-12H,14H2,(H,28,31)(H,29,30). The van der Waals surface area contributed by atoms with E-state index in [4.69, 9.17) is 4.74 Å². The van der Waals surface area contributed by atoms with E-state index in [0.717, 1.165) is 28.7 Å². The highest BCUT2D eigenvalue weighted by Crippen LogP contribution is 2.21. The average molecular weight is 430 g/mol. The second-order valence-corrected chi connectivity index (χ2v) is 6.80. The number of imidazole rings is 1. The van der Waals surface area contributed by atoms with Crippen molar-refractivity contribution < 1.29 is 18.3 Å². The quantitative estimate of drug-likeness (QED) is 0.425. The van der Waals surface area contributed by atoms with Crippen LogP contribution in [-0.2, 0) is 4.79 Å². The molecule has 158 valence electrons. The third-order valence-electron chi connectivity index (χ3n) is 4.53. The highest BCUT2D eigenvalue weighted by atomic mass is 19.1. The van der Waals surface area contributed by atoms with Gasteiger partial charge in [-0.1, -0.05) is 24.3 Å². The zero-order valence-electron chi connectivity index (χ0n) is 16.6. The van der Waals surface area contributed by atoms with Gasteiger partial charge in [0.2, 0.25) is 0 Å². The summed E-state index contributed by atoms with van der Waals surface area (Å²) in [4.78, 5) is 19.5. The number of nitriles is 1. The minimum absolute atomic E-state index is 0.130. The van der Waals surface area contributed by atoms with Gasteiger partial charge in [-0.3, -0.25) is 4.79 Å². The van der Waals surface area contributed by atoms with Crippen molar-refractivity contribution >= 4 is 34.3 Å². The van der Waals surface area contributed by atoms with Crippen molar-refractivity contribution in [2.75, 3.05) is 11.9 Å². The topological polar surface area (TPSA) is 90.8 Å². The average Bonchev–Trinajstić information content (AvgIpc) is 3.23. The number of anilines is 1. The molecule has 0 unspecified atom stereocenters. The van der Waals surface area contributed by atoms with Crippen molar-refractivity contribution in [3.8, 4) is 11.8 Å². The molecule has 1 aromatic heterocycles. The lowest BCUT2D eigenvalue weighted by atomic mass is 10.1. The zero-order valence-corrected chi connectivity index (χ0v) is 16.6. The number of nitrogens with one attached hydrogen (secondary N) is 2. The number of rotatable bonds is 6. The second-order valence-electron chi connectivity index (χ2n) is 6.80. The second kappa shape index (κ2) is 9.10. The molecule has 1 amide bonds. The SMILES string of the molecule is N#CC(=Cc1ccc(OCC(=O)Nc2ccc(F)cc2F)cc1)c1nc2ccccc2[nH]1. The Morgan fingerprint density at radius 3 is 2.62 bits per heavy atom. The maximum Gasteiger partial charge on any atom is 0.262 e. The lowest BCUT2D eigenvalue weighted by molar-refractivity contribution is -0.118. The molecule has 4 rings (SSSR count). The van der Waals surface area contributed by atoms with Crippen LogP contribution in [0.15, 0.2) is 66.7 Å². The molecule has 0 saturated carbocycles. The molecule has 0 bridgehead atoms. The summed E-state index contributed by atoms with van der Waals surface area (Å²) in [6.07, 6.45) is 1.69. The molecule has 1 heterocycles. The van der Waals surface area contributed by atoms with E-state index in [1.807, 2.05) is 24.3 Å². The Bertz CT molecular complexity index is 1320. The molecule has 0 radical (unpaired) electrons. The molecule has 0 aliphatic heterocycles. The van der Waals surface area contributed by atoms with Crippen molar-refractivity contribution in [2.24, 2.45) is 0 Å². The van der Waals surface area contributed by atoms with Gasteiger partial charge >= 0.3 is 0 Å². The minimum atomic E-state index is -0.868. The number of carbonyl (C=O) groups excluding carboxylic acids is 1. The first-order valence-electron chi connectivity index (χ1n) is 9.56. The van der Waals surface area contributed by atoms with E-state index in [1.165, 1.54) is 0 Å². The van der Waals surface area contributed by atoms with Crippen LogP contribution in [0, 0.1) is 23.0 Å². The summed E-state index contributed by atoms with van der Waals surface area (Å²) in [5, 5.41) is 11.8. The monoisotopic (exact) mass is 430 g/mol. The molecule has 0 fully saturated rings. The van der Waals surface area contributed by atoms with E-state index in [-0.39, 0.29) is 12.3 Å². The summed E-state index contributed by atoms with van der Waals surface area (Å²) in [6.45, 7) is -0.353. The van der Waals surface area contributed by atoms with Crippen LogP contribution < -0.4 is 10.1 Å². The van der Waals surface area contributed by atoms with E-state index < -0.39 is 17.5 Å². The number of H-pyrrole nitrogens is 1. The maximum absolute atomic E-state index is 13.6.